The van der Waals surface area contributed by atoms with Crippen molar-refractivity contribution in [1.29, 1.82) is 5.26 Å². The highest BCUT2D eigenvalue weighted by atomic mass is 16.5. The third-order valence-electron chi connectivity index (χ3n) is 2.65. The number of nitrogens with zero attached hydrogens (tertiary/aromatic N) is 1. The zero-order chi connectivity index (χ0) is 12.1. The lowest BCUT2D eigenvalue weighted by Crippen LogP contribution is -1.89. The Bertz CT molecular complexity index is 520. The molecule has 0 unspecified atom stereocenters. The van der Waals surface area contributed by atoms with E-state index in [9.17, 15) is 0 Å². The van der Waals surface area contributed by atoms with Gasteiger partial charge in [0, 0.05) is 0 Å². The summed E-state index contributed by atoms with van der Waals surface area (Å²) in [6.07, 6.45) is 0.871. The summed E-state index contributed by atoms with van der Waals surface area (Å²) in [6, 6.07) is 17.8. The fourth-order valence-electron chi connectivity index (χ4n) is 1.68. The van der Waals surface area contributed by atoms with Crippen molar-refractivity contribution in [1.82, 2.24) is 0 Å². The van der Waals surface area contributed by atoms with Crippen LogP contribution < -0.4 is 4.74 Å². The first-order chi connectivity index (χ1) is 8.31. The predicted octanol–water partition coefficient (Wildman–Crippen LogP) is 3.16. The molecule has 0 saturated heterocycles. The van der Waals surface area contributed by atoms with Gasteiger partial charge in [0.25, 0.3) is 0 Å². The van der Waals surface area contributed by atoms with Crippen LogP contribution in [0.25, 0.3) is 0 Å². The number of hydrogen-bond acceptors (Lipinski definition) is 2. The van der Waals surface area contributed by atoms with Crippen molar-refractivity contribution in [3.05, 3.63) is 65.2 Å². The molecule has 0 aromatic heterocycles. The molecule has 0 aliphatic rings. The van der Waals surface area contributed by atoms with Crippen LogP contribution in [0.15, 0.2) is 48.5 Å². The predicted molar refractivity (Wildman–Crippen MR) is 67.0 cm³/mol. The van der Waals surface area contributed by atoms with Crippen LogP contribution in [0, 0.1) is 11.3 Å². The molecule has 0 spiro atoms. The minimum Gasteiger partial charge on any atom is -0.497 e. The molecule has 2 rings (SSSR count). The SMILES string of the molecule is COc1ccc(Cc2ccc(C#N)cc2)cc1. The van der Waals surface area contributed by atoms with Crippen LogP contribution in [0.4, 0.5) is 0 Å². The van der Waals surface area contributed by atoms with E-state index in [4.69, 9.17) is 10.00 Å². The minimum absolute atomic E-state index is 0.698. The maximum atomic E-state index is 8.71. The maximum Gasteiger partial charge on any atom is 0.118 e. The molecule has 0 fully saturated rings. The summed E-state index contributed by atoms with van der Waals surface area (Å²) in [5.74, 6) is 0.869. The Morgan fingerprint density at radius 1 is 0.941 bits per heavy atom. The van der Waals surface area contributed by atoms with Crippen LogP contribution in [-0.4, -0.2) is 7.11 Å². The largest absolute Gasteiger partial charge is 0.497 e. The van der Waals surface area contributed by atoms with Gasteiger partial charge in [0.05, 0.1) is 18.7 Å². The molecule has 2 nitrogen and oxygen atoms in total. The van der Waals surface area contributed by atoms with E-state index in [-0.39, 0.29) is 0 Å². The van der Waals surface area contributed by atoms with E-state index in [1.165, 1.54) is 11.1 Å². The van der Waals surface area contributed by atoms with Crippen LogP contribution in [0.1, 0.15) is 16.7 Å². The Kier molecular flexibility index (Phi) is 3.42. The summed E-state index contributed by atoms with van der Waals surface area (Å²) in [7, 11) is 1.66. The summed E-state index contributed by atoms with van der Waals surface area (Å²) in [6.45, 7) is 0. The van der Waals surface area contributed by atoms with Crippen molar-refractivity contribution < 1.29 is 4.74 Å². The molecule has 84 valence electrons. The van der Waals surface area contributed by atoms with Gasteiger partial charge in [-0.15, -0.1) is 0 Å². The highest BCUT2D eigenvalue weighted by Crippen LogP contribution is 2.15. The molecule has 0 saturated carbocycles. The Labute approximate surface area is 101 Å². The molecular weight excluding hydrogens is 210 g/mol. The van der Waals surface area contributed by atoms with Gasteiger partial charge in [-0.2, -0.15) is 5.26 Å². The van der Waals surface area contributed by atoms with Crippen molar-refractivity contribution in [3.63, 3.8) is 0 Å². The second-order valence-corrected chi connectivity index (χ2v) is 3.83. The van der Waals surface area contributed by atoms with Gasteiger partial charge in [-0.05, 0) is 41.8 Å². The monoisotopic (exact) mass is 223 g/mol. The average Bonchev–Trinajstić information content (AvgIpc) is 2.40. The molecular formula is C15H13NO. The van der Waals surface area contributed by atoms with E-state index < -0.39 is 0 Å². The lowest BCUT2D eigenvalue weighted by molar-refractivity contribution is 0.414. The zero-order valence-electron chi connectivity index (χ0n) is 9.68. The zero-order valence-corrected chi connectivity index (χ0v) is 9.68. The van der Waals surface area contributed by atoms with Crippen molar-refractivity contribution >= 4 is 0 Å². The van der Waals surface area contributed by atoms with Gasteiger partial charge in [0.15, 0.2) is 0 Å². The molecule has 2 aromatic carbocycles. The van der Waals surface area contributed by atoms with Crippen LogP contribution in [0.3, 0.4) is 0 Å². The normalized spacial score (nSPS) is 9.65. The lowest BCUT2D eigenvalue weighted by atomic mass is 10.0. The first-order valence-electron chi connectivity index (χ1n) is 5.44. The molecule has 2 heteroatoms. The smallest absolute Gasteiger partial charge is 0.118 e. The molecule has 0 atom stereocenters. The Hall–Kier alpha value is -2.27. The van der Waals surface area contributed by atoms with E-state index in [1.54, 1.807) is 7.11 Å². The lowest BCUT2D eigenvalue weighted by Gasteiger charge is -2.04. The summed E-state index contributed by atoms with van der Waals surface area (Å²) in [4.78, 5) is 0. The summed E-state index contributed by atoms with van der Waals surface area (Å²) < 4.78 is 5.11. The van der Waals surface area contributed by atoms with Crippen LogP contribution in [0.2, 0.25) is 0 Å². The number of methoxy groups -OCH3 is 1. The van der Waals surface area contributed by atoms with E-state index in [0.29, 0.717) is 5.56 Å². The number of ether oxygens (including phenoxy) is 1. The molecule has 0 aliphatic heterocycles. The molecule has 0 amide bonds. The average molecular weight is 223 g/mol. The van der Waals surface area contributed by atoms with Crippen LogP contribution >= 0.6 is 0 Å². The van der Waals surface area contributed by atoms with Crippen LogP contribution in [0.5, 0.6) is 5.75 Å². The molecule has 2 aromatic rings. The molecule has 0 radical (unpaired) electrons. The standard InChI is InChI=1S/C15H13NO/c1-17-15-8-6-13(7-9-15)10-12-2-4-14(11-16)5-3-12/h2-9H,10H2,1H3. The fourth-order valence-corrected chi connectivity index (χ4v) is 1.68. The number of nitriles is 1. The van der Waals surface area contributed by atoms with Gasteiger partial charge >= 0.3 is 0 Å². The van der Waals surface area contributed by atoms with Gasteiger partial charge < -0.3 is 4.74 Å². The van der Waals surface area contributed by atoms with Gasteiger partial charge in [0.2, 0.25) is 0 Å². The van der Waals surface area contributed by atoms with Crippen molar-refractivity contribution in [3.8, 4) is 11.8 Å². The van der Waals surface area contributed by atoms with Crippen molar-refractivity contribution in [2.75, 3.05) is 7.11 Å². The molecule has 17 heavy (non-hydrogen) atoms. The van der Waals surface area contributed by atoms with Crippen molar-refractivity contribution in [2.24, 2.45) is 0 Å². The molecule has 0 N–H and O–H groups in total. The summed E-state index contributed by atoms with van der Waals surface area (Å²) in [5.41, 5.74) is 3.13. The van der Waals surface area contributed by atoms with E-state index in [0.717, 1.165) is 12.2 Å². The minimum atomic E-state index is 0.698. The van der Waals surface area contributed by atoms with E-state index in [1.807, 2.05) is 36.4 Å². The van der Waals surface area contributed by atoms with Gasteiger partial charge in [-0.3, -0.25) is 0 Å². The quantitative estimate of drug-likeness (QED) is 0.800. The fraction of sp³-hybridized carbons (Fsp3) is 0.133. The van der Waals surface area contributed by atoms with E-state index in [2.05, 4.69) is 18.2 Å². The number of rotatable bonds is 3. The summed E-state index contributed by atoms with van der Waals surface area (Å²) >= 11 is 0. The van der Waals surface area contributed by atoms with E-state index >= 15 is 0 Å². The summed E-state index contributed by atoms with van der Waals surface area (Å²) in [5, 5.41) is 8.71. The first-order valence-corrected chi connectivity index (χ1v) is 5.44. The molecule has 0 aliphatic carbocycles. The first kappa shape index (κ1) is 11.2. The van der Waals surface area contributed by atoms with Gasteiger partial charge in [-0.25, -0.2) is 0 Å². The third kappa shape index (κ3) is 2.85. The Morgan fingerprint density at radius 2 is 1.47 bits per heavy atom. The van der Waals surface area contributed by atoms with Crippen molar-refractivity contribution in [2.45, 2.75) is 6.42 Å². The number of hydrogen-bond donors (Lipinski definition) is 0. The van der Waals surface area contributed by atoms with Gasteiger partial charge in [0.1, 0.15) is 5.75 Å². The molecule has 0 bridgehead atoms. The highest BCUT2D eigenvalue weighted by Gasteiger charge is 1.97. The van der Waals surface area contributed by atoms with Gasteiger partial charge in [-0.1, -0.05) is 24.3 Å². The Morgan fingerprint density at radius 3 is 1.94 bits per heavy atom. The number of benzene rings is 2. The topological polar surface area (TPSA) is 33.0 Å². The molecule has 0 heterocycles. The maximum absolute atomic E-state index is 8.71. The Balaban J connectivity index is 2.11. The second-order valence-electron chi connectivity index (χ2n) is 3.83. The highest BCUT2D eigenvalue weighted by molar-refractivity contribution is 5.35. The second kappa shape index (κ2) is 5.18. The third-order valence-corrected chi connectivity index (χ3v) is 2.65. The van der Waals surface area contributed by atoms with Crippen LogP contribution in [-0.2, 0) is 6.42 Å².